The summed E-state index contributed by atoms with van der Waals surface area (Å²) in [5, 5.41) is 0. The van der Waals surface area contributed by atoms with Crippen LogP contribution in [-0.4, -0.2) is 29.2 Å². The van der Waals surface area contributed by atoms with Crippen molar-refractivity contribution in [1.29, 1.82) is 0 Å². The minimum atomic E-state index is 0.151. The van der Waals surface area contributed by atoms with Crippen LogP contribution >= 0.6 is 15.9 Å². The standard InChI is InChI=1S/C13H24BrNO/c1-9(14)7-8-15(6)11(16)10-12(2,3)13(10,4)5/h9-10H,7-8H2,1-6H3. The Morgan fingerprint density at radius 3 is 2.06 bits per heavy atom. The second-order valence-electron chi connectivity index (χ2n) is 6.21. The first-order chi connectivity index (χ1) is 7.12. The summed E-state index contributed by atoms with van der Waals surface area (Å²) in [5.41, 5.74) is 0.302. The third-order valence-corrected chi connectivity index (χ3v) is 4.96. The van der Waals surface area contributed by atoms with Gasteiger partial charge in [-0.3, -0.25) is 4.79 Å². The highest BCUT2D eigenvalue weighted by Crippen LogP contribution is 2.68. The van der Waals surface area contributed by atoms with E-state index in [1.807, 2.05) is 11.9 Å². The van der Waals surface area contributed by atoms with E-state index in [-0.39, 0.29) is 16.7 Å². The maximum absolute atomic E-state index is 12.3. The summed E-state index contributed by atoms with van der Waals surface area (Å²) < 4.78 is 0. The van der Waals surface area contributed by atoms with Crippen molar-refractivity contribution < 1.29 is 4.79 Å². The van der Waals surface area contributed by atoms with Gasteiger partial charge in [-0.15, -0.1) is 0 Å². The average Bonchev–Trinajstić information content (AvgIpc) is 2.52. The molecule has 0 N–H and O–H groups in total. The van der Waals surface area contributed by atoms with Gasteiger partial charge in [-0.25, -0.2) is 0 Å². The number of amides is 1. The van der Waals surface area contributed by atoms with Crippen molar-refractivity contribution >= 4 is 21.8 Å². The molecule has 3 heteroatoms. The lowest BCUT2D eigenvalue weighted by Gasteiger charge is -2.19. The quantitative estimate of drug-likeness (QED) is 0.727. The van der Waals surface area contributed by atoms with E-state index >= 15 is 0 Å². The molecule has 94 valence electrons. The normalized spacial score (nSPS) is 23.9. The van der Waals surface area contributed by atoms with Crippen LogP contribution in [0.25, 0.3) is 0 Å². The molecule has 16 heavy (non-hydrogen) atoms. The van der Waals surface area contributed by atoms with Gasteiger partial charge in [-0.1, -0.05) is 50.5 Å². The van der Waals surface area contributed by atoms with Gasteiger partial charge in [0.05, 0.1) is 0 Å². The molecule has 1 fully saturated rings. The second kappa shape index (κ2) is 4.32. The van der Waals surface area contributed by atoms with Crippen LogP contribution in [-0.2, 0) is 4.79 Å². The molecule has 1 rings (SSSR count). The average molecular weight is 290 g/mol. The minimum absolute atomic E-state index is 0.151. The summed E-state index contributed by atoms with van der Waals surface area (Å²) in [5.74, 6) is 0.499. The van der Waals surface area contributed by atoms with E-state index in [1.165, 1.54) is 0 Å². The van der Waals surface area contributed by atoms with Crippen LogP contribution in [0.4, 0.5) is 0 Å². The number of carbonyl (C=O) groups excluding carboxylic acids is 1. The largest absolute Gasteiger partial charge is 0.345 e. The van der Waals surface area contributed by atoms with Crippen molar-refractivity contribution in [3.05, 3.63) is 0 Å². The fourth-order valence-corrected chi connectivity index (χ4v) is 2.72. The Labute approximate surface area is 108 Å². The predicted molar refractivity (Wildman–Crippen MR) is 71.7 cm³/mol. The zero-order valence-corrected chi connectivity index (χ0v) is 12.9. The molecule has 1 aliphatic rings. The molecule has 0 spiro atoms. The van der Waals surface area contributed by atoms with E-state index in [0.29, 0.717) is 10.7 Å². The van der Waals surface area contributed by atoms with E-state index in [9.17, 15) is 4.79 Å². The lowest BCUT2D eigenvalue weighted by Crippen LogP contribution is -2.31. The summed E-state index contributed by atoms with van der Waals surface area (Å²) in [6.07, 6.45) is 1.01. The molecular formula is C13H24BrNO. The van der Waals surface area contributed by atoms with Crippen LogP contribution < -0.4 is 0 Å². The van der Waals surface area contributed by atoms with Gasteiger partial charge in [0.2, 0.25) is 5.91 Å². The van der Waals surface area contributed by atoms with E-state index in [2.05, 4.69) is 50.5 Å². The summed E-state index contributed by atoms with van der Waals surface area (Å²) in [7, 11) is 1.92. The number of nitrogens with zero attached hydrogens (tertiary/aromatic N) is 1. The number of hydrogen-bond donors (Lipinski definition) is 0. The van der Waals surface area contributed by atoms with Crippen LogP contribution in [0.2, 0.25) is 0 Å². The maximum Gasteiger partial charge on any atom is 0.226 e. The highest BCUT2D eigenvalue weighted by atomic mass is 79.9. The molecule has 1 atom stereocenters. The Morgan fingerprint density at radius 1 is 1.31 bits per heavy atom. The SMILES string of the molecule is CC(Br)CCN(C)C(=O)C1C(C)(C)C1(C)C. The highest BCUT2D eigenvalue weighted by Gasteiger charge is 2.68. The van der Waals surface area contributed by atoms with Crippen LogP contribution in [0, 0.1) is 16.7 Å². The molecule has 1 unspecified atom stereocenters. The number of alkyl halides is 1. The molecule has 0 aromatic carbocycles. The van der Waals surface area contributed by atoms with Crippen LogP contribution in [0.5, 0.6) is 0 Å². The van der Waals surface area contributed by atoms with Gasteiger partial charge < -0.3 is 4.90 Å². The van der Waals surface area contributed by atoms with Crippen molar-refractivity contribution in [1.82, 2.24) is 4.90 Å². The van der Waals surface area contributed by atoms with E-state index in [1.54, 1.807) is 0 Å². The Hall–Kier alpha value is -0.0500. The Morgan fingerprint density at radius 2 is 1.75 bits per heavy atom. The van der Waals surface area contributed by atoms with Gasteiger partial charge >= 0.3 is 0 Å². The third-order valence-electron chi connectivity index (χ3n) is 4.51. The Bertz CT molecular complexity index is 270. The molecule has 0 heterocycles. The fourth-order valence-electron chi connectivity index (χ4n) is 2.52. The van der Waals surface area contributed by atoms with Gasteiger partial charge in [-0.05, 0) is 17.3 Å². The minimum Gasteiger partial charge on any atom is -0.345 e. The molecule has 1 saturated carbocycles. The van der Waals surface area contributed by atoms with Crippen LogP contribution in [0.3, 0.4) is 0 Å². The van der Waals surface area contributed by atoms with E-state index < -0.39 is 0 Å². The van der Waals surface area contributed by atoms with Crippen molar-refractivity contribution in [3.63, 3.8) is 0 Å². The van der Waals surface area contributed by atoms with Gasteiger partial charge in [0.15, 0.2) is 0 Å². The monoisotopic (exact) mass is 289 g/mol. The van der Waals surface area contributed by atoms with Crippen molar-refractivity contribution in [2.45, 2.75) is 45.9 Å². The van der Waals surface area contributed by atoms with Crippen molar-refractivity contribution in [2.24, 2.45) is 16.7 Å². The number of carbonyl (C=O) groups is 1. The predicted octanol–water partition coefficient (Wildman–Crippen LogP) is 3.30. The van der Waals surface area contributed by atoms with Gasteiger partial charge in [-0.2, -0.15) is 0 Å². The number of hydrogen-bond acceptors (Lipinski definition) is 1. The molecule has 0 bridgehead atoms. The first-order valence-corrected chi connectivity index (χ1v) is 6.93. The lowest BCUT2D eigenvalue weighted by molar-refractivity contribution is -0.132. The molecule has 2 nitrogen and oxygen atoms in total. The summed E-state index contributed by atoms with van der Waals surface area (Å²) in [6.45, 7) is 11.7. The van der Waals surface area contributed by atoms with Crippen LogP contribution in [0.15, 0.2) is 0 Å². The zero-order chi connectivity index (χ0) is 12.7. The zero-order valence-electron chi connectivity index (χ0n) is 11.3. The Kier molecular flexibility index (Phi) is 3.78. The second-order valence-corrected chi connectivity index (χ2v) is 7.77. The van der Waals surface area contributed by atoms with Gasteiger partial charge in [0.25, 0.3) is 0 Å². The first kappa shape index (κ1) is 14.0. The first-order valence-electron chi connectivity index (χ1n) is 6.01. The summed E-state index contributed by atoms with van der Waals surface area (Å²) in [6, 6.07) is 0. The molecule has 0 aromatic rings. The molecule has 0 radical (unpaired) electrons. The highest BCUT2D eigenvalue weighted by molar-refractivity contribution is 9.09. The molecule has 0 aromatic heterocycles. The number of halogens is 1. The van der Waals surface area contributed by atoms with Gasteiger partial charge in [0.1, 0.15) is 0 Å². The molecular weight excluding hydrogens is 266 g/mol. The van der Waals surface area contributed by atoms with Crippen molar-refractivity contribution in [3.8, 4) is 0 Å². The van der Waals surface area contributed by atoms with Crippen LogP contribution in [0.1, 0.15) is 41.0 Å². The van der Waals surface area contributed by atoms with Crippen molar-refractivity contribution in [2.75, 3.05) is 13.6 Å². The Balaban J connectivity index is 2.54. The summed E-state index contributed by atoms with van der Waals surface area (Å²) >= 11 is 3.51. The number of rotatable bonds is 4. The lowest BCUT2D eigenvalue weighted by atomic mass is 10.0. The fraction of sp³-hybridized carbons (Fsp3) is 0.923. The molecule has 1 aliphatic carbocycles. The molecule has 1 amide bonds. The smallest absolute Gasteiger partial charge is 0.226 e. The van der Waals surface area contributed by atoms with E-state index in [0.717, 1.165) is 13.0 Å². The van der Waals surface area contributed by atoms with Gasteiger partial charge in [0, 0.05) is 24.3 Å². The summed E-state index contributed by atoms with van der Waals surface area (Å²) in [4.78, 5) is 14.6. The third kappa shape index (κ3) is 2.29. The molecule has 0 saturated heterocycles. The van der Waals surface area contributed by atoms with E-state index in [4.69, 9.17) is 0 Å². The topological polar surface area (TPSA) is 20.3 Å². The molecule has 0 aliphatic heterocycles. The maximum atomic E-state index is 12.3.